The van der Waals surface area contributed by atoms with Gasteiger partial charge in [-0.1, -0.05) is 13.3 Å². The summed E-state index contributed by atoms with van der Waals surface area (Å²) in [4.78, 5) is 5.04. The maximum absolute atomic E-state index is 5.88. The minimum absolute atomic E-state index is 0.571. The molecule has 0 spiro atoms. The van der Waals surface area contributed by atoms with Gasteiger partial charge in [-0.25, -0.2) is 0 Å². The van der Waals surface area contributed by atoms with Crippen LogP contribution in [-0.4, -0.2) is 58.3 Å². The van der Waals surface area contributed by atoms with Crippen LogP contribution in [0.4, 0.5) is 0 Å². The van der Waals surface area contributed by atoms with Crippen LogP contribution in [0.5, 0.6) is 0 Å². The van der Waals surface area contributed by atoms with Crippen LogP contribution >= 0.6 is 0 Å². The Labute approximate surface area is 116 Å². The first-order chi connectivity index (χ1) is 9.22. The van der Waals surface area contributed by atoms with Gasteiger partial charge in [-0.3, -0.25) is 14.5 Å². The van der Waals surface area contributed by atoms with Crippen LogP contribution in [0.1, 0.15) is 25.5 Å². The number of nitrogens with two attached hydrogens (primary N) is 1. The summed E-state index contributed by atoms with van der Waals surface area (Å²) in [5, 5.41) is 4.45. The number of hydrogen-bond donors (Lipinski definition) is 1. The molecule has 1 unspecified atom stereocenters. The molecule has 0 saturated carbocycles. The Morgan fingerprint density at radius 2 is 2.05 bits per heavy atom. The number of aromatic nitrogens is 2. The Hall–Kier alpha value is -0.910. The van der Waals surface area contributed by atoms with E-state index in [1.807, 2.05) is 17.9 Å². The van der Waals surface area contributed by atoms with Gasteiger partial charge in [0.25, 0.3) is 0 Å². The van der Waals surface area contributed by atoms with Gasteiger partial charge in [0.05, 0.1) is 5.69 Å². The predicted octanol–water partition coefficient (Wildman–Crippen LogP) is 0.665. The maximum Gasteiger partial charge on any atom is 0.0764 e. The van der Waals surface area contributed by atoms with Crippen molar-refractivity contribution in [3.63, 3.8) is 0 Å². The Kier molecular flexibility index (Phi) is 5.36. The zero-order valence-corrected chi connectivity index (χ0v) is 12.3. The average Bonchev–Trinajstić information content (AvgIpc) is 2.82. The summed E-state index contributed by atoms with van der Waals surface area (Å²) in [6, 6.07) is 2.67. The van der Waals surface area contributed by atoms with Crippen LogP contribution in [0, 0.1) is 0 Å². The fourth-order valence-electron chi connectivity index (χ4n) is 2.85. The lowest BCUT2D eigenvalue weighted by Crippen LogP contribution is -2.52. The fourth-order valence-corrected chi connectivity index (χ4v) is 2.85. The molecule has 5 nitrogen and oxygen atoms in total. The molecule has 1 fully saturated rings. The van der Waals surface area contributed by atoms with Gasteiger partial charge in [-0.15, -0.1) is 0 Å². The number of aryl methyl sites for hydroxylation is 1. The monoisotopic (exact) mass is 265 g/mol. The third-order valence-electron chi connectivity index (χ3n) is 3.97. The zero-order chi connectivity index (χ0) is 13.7. The molecule has 0 bridgehead atoms. The second kappa shape index (κ2) is 7.03. The van der Waals surface area contributed by atoms with Gasteiger partial charge in [0.1, 0.15) is 0 Å². The van der Waals surface area contributed by atoms with E-state index in [-0.39, 0.29) is 0 Å². The SMILES string of the molecule is CCCC(CN)N1CCN(Cc2ccn(C)n2)CC1. The lowest BCUT2D eigenvalue weighted by molar-refractivity contribution is 0.0897. The molecule has 19 heavy (non-hydrogen) atoms. The highest BCUT2D eigenvalue weighted by Crippen LogP contribution is 2.12. The Bertz CT molecular complexity index is 368. The molecule has 108 valence electrons. The van der Waals surface area contributed by atoms with E-state index in [0.717, 1.165) is 39.3 Å². The first kappa shape index (κ1) is 14.5. The second-order valence-electron chi connectivity index (χ2n) is 5.47. The predicted molar refractivity (Wildman–Crippen MR) is 77.8 cm³/mol. The molecule has 1 aliphatic heterocycles. The topological polar surface area (TPSA) is 50.3 Å². The summed E-state index contributed by atoms with van der Waals surface area (Å²) < 4.78 is 1.87. The Morgan fingerprint density at radius 3 is 2.58 bits per heavy atom. The van der Waals surface area contributed by atoms with Gasteiger partial charge in [0.15, 0.2) is 0 Å². The van der Waals surface area contributed by atoms with E-state index in [0.29, 0.717) is 6.04 Å². The van der Waals surface area contributed by atoms with E-state index >= 15 is 0 Å². The minimum Gasteiger partial charge on any atom is -0.329 e. The summed E-state index contributed by atoms with van der Waals surface area (Å²) >= 11 is 0. The molecule has 0 aromatic carbocycles. The normalized spacial score (nSPS) is 19.7. The van der Waals surface area contributed by atoms with Gasteiger partial charge >= 0.3 is 0 Å². The summed E-state index contributed by atoms with van der Waals surface area (Å²) in [5.74, 6) is 0. The quantitative estimate of drug-likeness (QED) is 0.821. The molecule has 1 aromatic rings. The fraction of sp³-hybridized carbons (Fsp3) is 0.786. The van der Waals surface area contributed by atoms with Gasteiger partial charge in [-0.05, 0) is 12.5 Å². The lowest BCUT2D eigenvalue weighted by atomic mass is 10.1. The van der Waals surface area contributed by atoms with Crippen molar-refractivity contribution < 1.29 is 0 Å². The van der Waals surface area contributed by atoms with Gasteiger partial charge in [0, 0.05) is 58.6 Å². The van der Waals surface area contributed by atoms with E-state index in [2.05, 4.69) is 27.9 Å². The molecule has 1 aromatic heterocycles. The summed E-state index contributed by atoms with van der Waals surface area (Å²) in [6.07, 6.45) is 4.45. The highest BCUT2D eigenvalue weighted by atomic mass is 15.3. The molecular formula is C14H27N5. The molecule has 2 N–H and O–H groups in total. The second-order valence-corrected chi connectivity index (χ2v) is 5.47. The molecular weight excluding hydrogens is 238 g/mol. The smallest absolute Gasteiger partial charge is 0.0764 e. The molecule has 0 aliphatic carbocycles. The molecule has 0 amide bonds. The lowest BCUT2D eigenvalue weighted by Gasteiger charge is -2.38. The first-order valence-corrected chi connectivity index (χ1v) is 7.38. The maximum atomic E-state index is 5.88. The van der Waals surface area contributed by atoms with Crippen LogP contribution in [0.3, 0.4) is 0 Å². The van der Waals surface area contributed by atoms with Crippen molar-refractivity contribution in [2.24, 2.45) is 12.8 Å². The van der Waals surface area contributed by atoms with E-state index in [4.69, 9.17) is 5.73 Å². The van der Waals surface area contributed by atoms with Crippen molar-refractivity contribution in [1.29, 1.82) is 0 Å². The van der Waals surface area contributed by atoms with Crippen molar-refractivity contribution in [3.05, 3.63) is 18.0 Å². The molecule has 2 heterocycles. The Morgan fingerprint density at radius 1 is 1.32 bits per heavy atom. The van der Waals surface area contributed by atoms with Crippen LogP contribution < -0.4 is 5.73 Å². The van der Waals surface area contributed by atoms with Crippen molar-refractivity contribution in [1.82, 2.24) is 19.6 Å². The zero-order valence-electron chi connectivity index (χ0n) is 12.3. The highest BCUT2D eigenvalue weighted by Gasteiger charge is 2.22. The third kappa shape index (κ3) is 4.03. The number of hydrogen-bond acceptors (Lipinski definition) is 4. The molecule has 1 saturated heterocycles. The molecule has 5 heteroatoms. The largest absolute Gasteiger partial charge is 0.329 e. The van der Waals surface area contributed by atoms with E-state index < -0.39 is 0 Å². The molecule has 0 radical (unpaired) electrons. The van der Waals surface area contributed by atoms with Crippen LogP contribution in [0.2, 0.25) is 0 Å². The van der Waals surface area contributed by atoms with Gasteiger partial charge in [0.2, 0.25) is 0 Å². The van der Waals surface area contributed by atoms with E-state index in [1.165, 1.54) is 18.5 Å². The van der Waals surface area contributed by atoms with E-state index in [9.17, 15) is 0 Å². The van der Waals surface area contributed by atoms with Gasteiger partial charge in [-0.2, -0.15) is 5.10 Å². The van der Waals surface area contributed by atoms with Crippen molar-refractivity contribution >= 4 is 0 Å². The van der Waals surface area contributed by atoms with E-state index in [1.54, 1.807) is 0 Å². The average molecular weight is 265 g/mol. The minimum atomic E-state index is 0.571. The van der Waals surface area contributed by atoms with Crippen molar-refractivity contribution in [2.75, 3.05) is 32.7 Å². The highest BCUT2D eigenvalue weighted by molar-refractivity contribution is 4.99. The standard InChI is InChI=1S/C14H27N5/c1-3-4-14(11-15)19-9-7-18(8-10-19)12-13-5-6-17(2)16-13/h5-6,14H,3-4,7-12,15H2,1-2H3. The molecule has 2 rings (SSSR count). The first-order valence-electron chi connectivity index (χ1n) is 7.38. The van der Waals surface area contributed by atoms with Crippen LogP contribution in [-0.2, 0) is 13.6 Å². The molecule has 1 aliphatic rings. The number of nitrogens with zero attached hydrogens (tertiary/aromatic N) is 4. The van der Waals surface area contributed by atoms with Crippen LogP contribution in [0.15, 0.2) is 12.3 Å². The molecule has 1 atom stereocenters. The summed E-state index contributed by atoms with van der Waals surface area (Å²) in [5.41, 5.74) is 7.05. The van der Waals surface area contributed by atoms with Crippen molar-refractivity contribution in [3.8, 4) is 0 Å². The summed E-state index contributed by atoms with van der Waals surface area (Å²) in [7, 11) is 1.97. The van der Waals surface area contributed by atoms with Gasteiger partial charge < -0.3 is 5.73 Å². The number of piperazine rings is 1. The van der Waals surface area contributed by atoms with Crippen LogP contribution in [0.25, 0.3) is 0 Å². The summed E-state index contributed by atoms with van der Waals surface area (Å²) in [6.45, 7) is 8.50. The third-order valence-corrected chi connectivity index (χ3v) is 3.97. The number of rotatable bonds is 6. The Balaban J connectivity index is 1.78. The van der Waals surface area contributed by atoms with Crippen molar-refractivity contribution in [2.45, 2.75) is 32.4 Å².